The van der Waals surface area contributed by atoms with Gasteiger partial charge in [0.1, 0.15) is 0 Å². The number of rotatable bonds is 2. The van der Waals surface area contributed by atoms with Crippen molar-refractivity contribution in [1.82, 2.24) is 9.88 Å². The molecule has 2 N–H and O–H groups in total. The van der Waals surface area contributed by atoms with Crippen molar-refractivity contribution in [2.24, 2.45) is 5.92 Å². The van der Waals surface area contributed by atoms with Crippen LogP contribution in [0.5, 0.6) is 0 Å². The number of nitrogens with zero attached hydrogens (tertiary/aromatic N) is 1. The van der Waals surface area contributed by atoms with Crippen LogP contribution in [0.4, 0.5) is 5.69 Å². The Hall–Kier alpha value is -2.63. The SMILES string of the molecule is CC(=O)N1CCC(C(=O)Nc2ccc3c4c(c(=O)[nH]c3c2)CCC4)CC1. The van der Waals surface area contributed by atoms with Crippen LogP contribution >= 0.6 is 0 Å². The Morgan fingerprint density at radius 3 is 2.62 bits per heavy atom. The van der Waals surface area contributed by atoms with Crippen molar-refractivity contribution in [3.63, 3.8) is 0 Å². The first-order chi connectivity index (χ1) is 12.5. The van der Waals surface area contributed by atoms with Crippen molar-refractivity contribution in [3.05, 3.63) is 39.7 Å². The van der Waals surface area contributed by atoms with Crippen molar-refractivity contribution >= 4 is 28.4 Å². The molecule has 1 aromatic carbocycles. The topological polar surface area (TPSA) is 82.3 Å². The van der Waals surface area contributed by atoms with Gasteiger partial charge in [0.2, 0.25) is 11.8 Å². The number of aromatic amines is 1. The van der Waals surface area contributed by atoms with Crippen LogP contribution < -0.4 is 10.9 Å². The van der Waals surface area contributed by atoms with Gasteiger partial charge in [0, 0.05) is 42.6 Å². The number of benzene rings is 1. The van der Waals surface area contributed by atoms with Crippen LogP contribution in [-0.2, 0) is 22.4 Å². The zero-order chi connectivity index (χ0) is 18.3. The molecule has 1 fully saturated rings. The molecule has 1 aliphatic heterocycles. The molecule has 1 aromatic heterocycles. The van der Waals surface area contributed by atoms with Gasteiger partial charge in [-0.3, -0.25) is 14.4 Å². The molecule has 0 saturated carbocycles. The number of amides is 2. The minimum atomic E-state index is -0.0830. The molecule has 0 atom stereocenters. The fourth-order valence-corrected chi connectivity index (χ4v) is 4.18. The second-order valence-electron chi connectivity index (χ2n) is 7.29. The average molecular weight is 353 g/mol. The number of hydrogen-bond acceptors (Lipinski definition) is 3. The number of aryl methyl sites for hydroxylation is 1. The van der Waals surface area contributed by atoms with Crippen LogP contribution in [0.1, 0.15) is 37.3 Å². The highest BCUT2D eigenvalue weighted by molar-refractivity contribution is 5.95. The zero-order valence-electron chi connectivity index (χ0n) is 14.9. The Balaban J connectivity index is 1.51. The van der Waals surface area contributed by atoms with Crippen molar-refractivity contribution in [2.45, 2.75) is 39.0 Å². The maximum absolute atomic E-state index is 12.5. The first-order valence-corrected chi connectivity index (χ1v) is 9.27. The number of nitrogens with one attached hydrogen (secondary N) is 2. The van der Waals surface area contributed by atoms with E-state index in [1.165, 1.54) is 0 Å². The summed E-state index contributed by atoms with van der Waals surface area (Å²) in [5.74, 6) is -0.0358. The van der Waals surface area contributed by atoms with Gasteiger partial charge in [-0.2, -0.15) is 0 Å². The summed E-state index contributed by atoms with van der Waals surface area (Å²) < 4.78 is 0. The molecule has 0 radical (unpaired) electrons. The highest BCUT2D eigenvalue weighted by atomic mass is 16.2. The van der Waals surface area contributed by atoms with Crippen molar-refractivity contribution < 1.29 is 9.59 Å². The standard InChI is InChI=1S/C20H23N3O3/c1-12(24)23-9-7-13(8-10-23)19(25)21-14-5-6-16-15-3-2-4-17(15)20(26)22-18(16)11-14/h5-6,11,13H,2-4,7-10H2,1H3,(H,21,25)(H,22,26). The van der Waals surface area contributed by atoms with E-state index < -0.39 is 0 Å². The number of anilines is 1. The summed E-state index contributed by atoms with van der Waals surface area (Å²) in [4.78, 5) is 40.9. The molecule has 4 rings (SSSR count). The van der Waals surface area contributed by atoms with E-state index in [0.717, 1.165) is 41.3 Å². The van der Waals surface area contributed by atoms with Crippen molar-refractivity contribution in [2.75, 3.05) is 18.4 Å². The molecule has 1 aliphatic carbocycles. The smallest absolute Gasteiger partial charge is 0.251 e. The highest BCUT2D eigenvalue weighted by Gasteiger charge is 2.26. The molecule has 0 unspecified atom stereocenters. The van der Waals surface area contributed by atoms with Gasteiger partial charge in [-0.15, -0.1) is 0 Å². The minimum absolute atomic E-state index is 0.00918. The van der Waals surface area contributed by atoms with Crippen LogP contribution in [0.2, 0.25) is 0 Å². The van der Waals surface area contributed by atoms with Gasteiger partial charge in [0.25, 0.3) is 5.56 Å². The zero-order valence-corrected chi connectivity index (χ0v) is 14.9. The molecular weight excluding hydrogens is 330 g/mol. The van der Waals surface area contributed by atoms with Gasteiger partial charge < -0.3 is 15.2 Å². The van der Waals surface area contributed by atoms with Crippen LogP contribution in [0.15, 0.2) is 23.0 Å². The van der Waals surface area contributed by atoms with Gasteiger partial charge in [0.15, 0.2) is 0 Å². The summed E-state index contributed by atoms with van der Waals surface area (Å²) in [6, 6.07) is 5.74. The molecule has 0 bridgehead atoms. The van der Waals surface area contributed by atoms with E-state index >= 15 is 0 Å². The summed E-state index contributed by atoms with van der Waals surface area (Å²) in [6.45, 7) is 2.82. The summed E-state index contributed by atoms with van der Waals surface area (Å²) >= 11 is 0. The number of carbonyl (C=O) groups is 2. The van der Waals surface area contributed by atoms with E-state index in [-0.39, 0.29) is 23.3 Å². The number of H-pyrrole nitrogens is 1. The van der Waals surface area contributed by atoms with Crippen molar-refractivity contribution in [3.8, 4) is 0 Å². The van der Waals surface area contributed by atoms with Crippen molar-refractivity contribution in [1.29, 1.82) is 0 Å². The van der Waals surface area contributed by atoms with E-state index in [4.69, 9.17) is 0 Å². The molecule has 6 nitrogen and oxygen atoms in total. The predicted molar refractivity (Wildman–Crippen MR) is 100 cm³/mol. The second kappa shape index (κ2) is 6.59. The summed E-state index contributed by atoms with van der Waals surface area (Å²) in [5.41, 5.74) is 3.53. The largest absolute Gasteiger partial charge is 0.343 e. The first-order valence-electron chi connectivity index (χ1n) is 9.27. The Labute approximate surface area is 151 Å². The van der Waals surface area contributed by atoms with Crippen LogP contribution in [0, 0.1) is 5.92 Å². The fourth-order valence-electron chi connectivity index (χ4n) is 4.18. The molecule has 6 heteroatoms. The van der Waals surface area contributed by atoms with Gasteiger partial charge in [0.05, 0.1) is 5.52 Å². The van der Waals surface area contributed by atoms with Crippen LogP contribution in [0.25, 0.3) is 10.9 Å². The third kappa shape index (κ3) is 3.00. The lowest BCUT2D eigenvalue weighted by atomic mass is 9.95. The maximum Gasteiger partial charge on any atom is 0.251 e. The number of hydrogen-bond donors (Lipinski definition) is 2. The average Bonchev–Trinajstić information content (AvgIpc) is 3.12. The van der Waals surface area contributed by atoms with E-state index in [0.29, 0.717) is 31.6 Å². The lowest BCUT2D eigenvalue weighted by Crippen LogP contribution is -2.40. The number of fused-ring (bicyclic) bond motifs is 3. The van der Waals surface area contributed by atoms with Gasteiger partial charge in [-0.25, -0.2) is 0 Å². The molecule has 2 aromatic rings. The summed E-state index contributed by atoms with van der Waals surface area (Å²) in [5, 5.41) is 4.04. The molecule has 2 heterocycles. The van der Waals surface area contributed by atoms with E-state index in [9.17, 15) is 14.4 Å². The lowest BCUT2D eigenvalue weighted by Gasteiger charge is -2.30. The first kappa shape index (κ1) is 16.8. The number of piperidine rings is 1. The molecule has 0 spiro atoms. The molecule has 26 heavy (non-hydrogen) atoms. The third-order valence-electron chi connectivity index (χ3n) is 5.66. The van der Waals surface area contributed by atoms with Gasteiger partial charge >= 0.3 is 0 Å². The Kier molecular flexibility index (Phi) is 4.26. The monoisotopic (exact) mass is 353 g/mol. The predicted octanol–water partition coefficient (Wildman–Crippen LogP) is 2.21. The van der Waals surface area contributed by atoms with Crippen LogP contribution in [-0.4, -0.2) is 34.8 Å². The number of likely N-dealkylation sites (tertiary alicyclic amines) is 1. The van der Waals surface area contributed by atoms with E-state index in [2.05, 4.69) is 10.3 Å². The second-order valence-corrected chi connectivity index (χ2v) is 7.29. The number of pyridine rings is 1. The third-order valence-corrected chi connectivity index (χ3v) is 5.66. The highest BCUT2D eigenvalue weighted by Crippen LogP contribution is 2.28. The minimum Gasteiger partial charge on any atom is -0.343 e. The van der Waals surface area contributed by atoms with E-state index in [1.807, 2.05) is 18.2 Å². The number of carbonyl (C=O) groups excluding carboxylic acids is 2. The van der Waals surface area contributed by atoms with Gasteiger partial charge in [-0.05, 0) is 49.8 Å². The molecule has 2 amide bonds. The Bertz CT molecular complexity index is 939. The summed E-state index contributed by atoms with van der Waals surface area (Å²) in [6.07, 6.45) is 4.18. The molecule has 136 valence electrons. The van der Waals surface area contributed by atoms with E-state index in [1.54, 1.807) is 11.8 Å². The van der Waals surface area contributed by atoms with Crippen LogP contribution in [0.3, 0.4) is 0 Å². The molecular formula is C20H23N3O3. The quantitative estimate of drug-likeness (QED) is 0.868. The molecule has 1 saturated heterocycles. The Morgan fingerprint density at radius 1 is 1.15 bits per heavy atom. The fraction of sp³-hybridized carbons (Fsp3) is 0.450. The summed E-state index contributed by atoms with van der Waals surface area (Å²) in [7, 11) is 0. The number of aromatic nitrogens is 1. The molecule has 2 aliphatic rings. The maximum atomic E-state index is 12.5. The van der Waals surface area contributed by atoms with Gasteiger partial charge in [-0.1, -0.05) is 6.07 Å². The lowest BCUT2D eigenvalue weighted by molar-refractivity contribution is -0.132. The Morgan fingerprint density at radius 2 is 1.88 bits per heavy atom. The normalized spacial score (nSPS) is 17.3.